The first-order valence-electron chi connectivity index (χ1n) is 14.2. The number of halogens is 8. The van der Waals surface area contributed by atoms with Gasteiger partial charge in [-0.1, -0.05) is 22.9 Å². The van der Waals surface area contributed by atoms with E-state index in [1.807, 2.05) is 32.0 Å². The summed E-state index contributed by atoms with van der Waals surface area (Å²) in [7, 11) is 3.33. The number of benzene rings is 2. The zero-order valence-electron chi connectivity index (χ0n) is 26.4. The first kappa shape index (κ1) is 37.4. The molecule has 8 nitrogen and oxygen atoms in total. The second-order valence-corrected chi connectivity index (χ2v) is 11.1. The summed E-state index contributed by atoms with van der Waals surface area (Å²) < 4.78 is 106. The molecule has 6 rings (SSSR count). The molecule has 17 heteroatoms. The third kappa shape index (κ3) is 8.27. The summed E-state index contributed by atoms with van der Waals surface area (Å²) >= 11 is 0. The Balaban J connectivity index is 0.000000216. The van der Waals surface area contributed by atoms with Gasteiger partial charge in [-0.25, -0.2) is 0 Å². The van der Waals surface area contributed by atoms with Crippen molar-refractivity contribution >= 4 is 11.4 Å². The first-order valence-corrected chi connectivity index (χ1v) is 14.2. The van der Waals surface area contributed by atoms with Crippen LogP contribution in [0.5, 0.6) is 0 Å². The van der Waals surface area contributed by atoms with E-state index in [1.54, 1.807) is 46.6 Å². The van der Waals surface area contributed by atoms with Gasteiger partial charge in [-0.05, 0) is 70.4 Å². The molecule has 4 aromatic rings. The van der Waals surface area contributed by atoms with E-state index in [-0.39, 0.29) is 54.5 Å². The Bertz CT molecular complexity index is 1840. The molecule has 0 amide bonds. The van der Waals surface area contributed by atoms with Gasteiger partial charge in [0.2, 0.25) is 0 Å². The van der Waals surface area contributed by atoms with Gasteiger partial charge in [-0.3, -0.25) is 13.8 Å². The Kier molecular flexibility index (Phi) is 10.9. The van der Waals surface area contributed by atoms with Gasteiger partial charge in [0, 0.05) is 44.5 Å². The molecular weight excluding hydrogens is 841 g/mol. The van der Waals surface area contributed by atoms with Gasteiger partial charge in [0.05, 0.1) is 0 Å². The van der Waals surface area contributed by atoms with E-state index in [0.717, 1.165) is 18.2 Å². The summed E-state index contributed by atoms with van der Waals surface area (Å²) in [5.41, 5.74) is -1.34. The zero-order valence-corrected chi connectivity index (χ0v) is 28.8. The number of alkyl halides is 6. The van der Waals surface area contributed by atoms with Crippen LogP contribution in [0.2, 0.25) is 0 Å². The summed E-state index contributed by atoms with van der Waals surface area (Å²) in [5, 5.41) is 6.70. The molecule has 4 heterocycles. The monoisotopic (exact) mass is 868 g/mol. The summed E-state index contributed by atoms with van der Waals surface area (Å²) in [6.07, 6.45) is -0.645. The molecule has 0 aliphatic carbocycles. The SMILES string of the molecule is CC(C)N1C=CN(c2[c-]c(N3C=CN(C)[CH-]3)cc(C(F)(F)F)c2)[CH-]1.Cc1c(C(F)(F)F)n[n-]c1-c1nc(-c2[c-]cc(F)cc2F)cn1C.[Ir]. The molecule has 0 bridgehead atoms. The molecule has 2 aromatic heterocycles. The number of anilines is 2. The molecule has 0 N–H and O–H groups in total. The normalized spacial score (nSPS) is 14.6. The smallest absolute Gasteiger partial charge is 0.431 e. The molecule has 0 saturated heterocycles. The standard InChI is InChI=1S/C17H18F3N4.C15H9F5N4.Ir/c1-13(2)22-6-7-24(12-22)16-9-14(17(18,19)20)8-15(10-16)23-5-4-21(3)11-23;1-7-12(22-23-13(7)15(18,19)20)14-21-11(6-24(14)2)9-4-3-8(16)5-10(9)17;/h4-9,11-13H,1-3H3;3,5-6H,1-2H3;/q-3;-2;. The molecular formula is C32H27F8IrN8-5. The van der Waals surface area contributed by atoms with Crippen LogP contribution in [0.3, 0.4) is 0 Å². The van der Waals surface area contributed by atoms with Gasteiger partial charge >= 0.3 is 12.4 Å². The van der Waals surface area contributed by atoms with Crippen molar-refractivity contribution < 1.29 is 55.2 Å². The molecule has 0 saturated carbocycles. The van der Waals surface area contributed by atoms with E-state index in [4.69, 9.17) is 0 Å². The van der Waals surface area contributed by atoms with Crippen molar-refractivity contribution in [3.63, 3.8) is 0 Å². The number of hydrogen-bond acceptors (Lipinski definition) is 6. The number of aromatic nitrogens is 4. The van der Waals surface area contributed by atoms with Crippen LogP contribution < -0.4 is 14.9 Å². The predicted octanol–water partition coefficient (Wildman–Crippen LogP) is 7.48. The summed E-state index contributed by atoms with van der Waals surface area (Å²) in [6.45, 7) is 8.70. The Morgan fingerprint density at radius 3 is 2.02 bits per heavy atom. The Morgan fingerprint density at radius 1 is 0.878 bits per heavy atom. The van der Waals surface area contributed by atoms with Crippen molar-refractivity contribution in [2.75, 3.05) is 16.8 Å². The maximum Gasteiger partial charge on any atom is 0.431 e. The van der Waals surface area contributed by atoms with Crippen LogP contribution in [0, 0.1) is 44.0 Å². The zero-order chi connectivity index (χ0) is 35.1. The third-order valence-electron chi connectivity index (χ3n) is 7.18. The van der Waals surface area contributed by atoms with E-state index in [1.165, 1.54) is 24.7 Å². The molecule has 2 aliphatic rings. The Labute approximate surface area is 290 Å². The van der Waals surface area contributed by atoms with Crippen molar-refractivity contribution in [3.05, 3.63) is 109 Å². The van der Waals surface area contributed by atoms with Crippen LogP contribution in [-0.2, 0) is 39.5 Å². The number of hydrogen-bond donors (Lipinski definition) is 0. The van der Waals surface area contributed by atoms with Crippen LogP contribution >= 0.6 is 0 Å². The first-order chi connectivity index (χ1) is 22.4. The maximum absolute atomic E-state index is 13.8. The van der Waals surface area contributed by atoms with E-state index in [0.29, 0.717) is 17.4 Å². The van der Waals surface area contributed by atoms with Gasteiger partial charge in [-0.15, -0.1) is 41.7 Å². The van der Waals surface area contributed by atoms with Gasteiger partial charge in [-0.2, -0.15) is 39.7 Å². The van der Waals surface area contributed by atoms with E-state index < -0.39 is 35.2 Å². The topological polar surface area (TPSA) is 57.8 Å². The van der Waals surface area contributed by atoms with Crippen LogP contribution in [0.15, 0.2) is 55.3 Å². The van der Waals surface area contributed by atoms with Gasteiger partial charge in [0.25, 0.3) is 0 Å². The molecule has 49 heavy (non-hydrogen) atoms. The maximum atomic E-state index is 13.8. The van der Waals surface area contributed by atoms with Gasteiger partial charge < -0.3 is 34.4 Å². The second-order valence-electron chi connectivity index (χ2n) is 11.1. The minimum atomic E-state index is -4.62. The van der Waals surface area contributed by atoms with Crippen molar-refractivity contribution in [2.24, 2.45) is 7.05 Å². The molecule has 2 aliphatic heterocycles. The molecule has 0 spiro atoms. The third-order valence-corrected chi connectivity index (χ3v) is 7.18. The fourth-order valence-corrected chi connectivity index (χ4v) is 4.68. The molecule has 0 atom stereocenters. The number of imidazole rings is 1. The minimum absolute atomic E-state index is 0. The molecule has 0 unspecified atom stereocenters. The van der Waals surface area contributed by atoms with E-state index >= 15 is 0 Å². The minimum Gasteiger partial charge on any atom is -0.572 e. The van der Waals surface area contributed by atoms with Crippen LogP contribution in [0.1, 0.15) is 30.7 Å². The van der Waals surface area contributed by atoms with Crippen LogP contribution in [-0.4, -0.2) is 37.5 Å². The summed E-state index contributed by atoms with van der Waals surface area (Å²) in [4.78, 5) is 11.0. The summed E-state index contributed by atoms with van der Waals surface area (Å²) in [6, 6.07) is 9.52. The average molecular weight is 868 g/mol. The Hall–Kier alpha value is -4.37. The van der Waals surface area contributed by atoms with Crippen molar-refractivity contribution in [2.45, 2.75) is 39.2 Å². The van der Waals surface area contributed by atoms with Crippen molar-refractivity contribution in [3.8, 4) is 22.8 Å². The van der Waals surface area contributed by atoms with E-state index in [9.17, 15) is 35.1 Å². The van der Waals surface area contributed by atoms with Crippen molar-refractivity contribution in [1.29, 1.82) is 0 Å². The van der Waals surface area contributed by atoms with Gasteiger partial charge in [0.15, 0.2) is 0 Å². The second kappa shape index (κ2) is 14.2. The largest absolute Gasteiger partial charge is 0.572 e. The van der Waals surface area contributed by atoms with Gasteiger partial charge in [0.1, 0.15) is 11.5 Å². The number of aryl methyl sites for hydroxylation is 1. The predicted molar refractivity (Wildman–Crippen MR) is 161 cm³/mol. The fraction of sp³-hybridized carbons (Fsp3) is 0.250. The quantitative estimate of drug-likeness (QED) is 0.153. The summed E-state index contributed by atoms with van der Waals surface area (Å²) in [5.74, 6) is -1.58. The number of nitrogens with zero attached hydrogens (tertiary/aromatic N) is 8. The molecule has 2 aromatic carbocycles. The van der Waals surface area contributed by atoms with Crippen LogP contribution in [0.25, 0.3) is 22.8 Å². The van der Waals surface area contributed by atoms with Crippen molar-refractivity contribution in [1.82, 2.24) is 29.5 Å². The number of rotatable bonds is 5. The van der Waals surface area contributed by atoms with Crippen LogP contribution in [0.4, 0.5) is 46.5 Å². The molecule has 265 valence electrons. The Morgan fingerprint density at radius 2 is 1.51 bits per heavy atom. The van der Waals surface area contributed by atoms with E-state index in [2.05, 4.69) is 27.3 Å². The molecule has 0 fully saturated rings. The average Bonchev–Trinajstić information content (AvgIpc) is 3.79. The fourth-order valence-electron chi connectivity index (χ4n) is 4.68. The molecule has 1 radical (unpaired) electrons.